The van der Waals surface area contributed by atoms with Gasteiger partial charge in [-0.2, -0.15) is 0 Å². The Bertz CT molecular complexity index is 293. The normalized spacial score (nSPS) is 16.3. The van der Waals surface area contributed by atoms with Gasteiger partial charge in [-0.25, -0.2) is 0 Å². The number of carbonyl (C=O) groups excluding carboxylic acids is 1. The van der Waals surface area contributed by atoms with Crippen LogP contribution in [0.4, 0.5) is 0 Å². The molecular weight excluding hydrogens is 198 g/mol. The maximum Gasteiger partial charge on any atom is 0.311 e. The summed E-state index contributed by atoms with van der Waals surface area (Å²) in [5.41, 5.74) is 0. The molecule has 0 radical (unpaired) electrons. The van der Waals surface area contributed by atoms with E-state index in [1.807, 2.05) is 11.4 Å². The van der Waals surface area contributed by atoms with Gasteiger partial charge in [0, 0.05) is 24.4 Å². The van der Waals surface area contributed by atoms with Crippen LogP contribution in [0.5, 0.6) is 0 Å². The second-order valence-corrected chi connectivity index (χ2v) is 4.38. The highest BCUT2D eigenvalue weighted by Gasteiger charge is 2.25. The minimum Gasteiger partial charge on any atom is -0.465 e. The van der Waals surface area contributed by atoms with E-state index < -0.39 is 0 Å². The molecular formula is C10H13NO2S. The smallest absolute Gasteiger partial charge is 0.311 e. The number of thiophene rings is 1. The van der Waals surface area contributed by atoms with Crippen LogP contribution in [0.2, 0.25) is 0 Å². The minimum absolute atomic E-state index is 0.0553. The van der Waals surface area contributed by atoms with Gasteiger partial charge in [-0.15, -0.1) is 11.3 Å². The van der Waals surface area contributed by atoms with Gasteiger partial charge in [0.1, 0.15) is 0 Å². The average molecular weight is 211 g/mol. The monoisotopic (exact) mass is 211 g/mol. The standard InChI is InChI=1S/C10H13NO2S/c12-10(8-6-11-7-8)13-4-3-9-2-1-5-14-9/h1-2,5,8,11H,3-4,6-7H2. The fourth-order valence-corrected chi connectivity index (χ4v) is 1.97. The summed E-state index contributed by atoms with van der Waals surface area (Å²) in [5.74, 6) is 0.0404. The van der Waals surface area contributed by atoms with E-state index in [4.69, 9.17) is 4.74 Å². The van der Waals surface area contributed by atoms with Crippen LogP contribution in [0.25, 0.3) is 0 Å². The van der Waals surface area contributed by atoms with Crippen LogP contribution in [0, 0.1) is 5.92 Å². The summed E-state index contributed by atoms with van der Waals surface area (Å²) in [6.07, 6.45) is 0.837. The first kappa shape index (κ1) is 9.68. The highest BCUT2D eigenvalue weighted by molar-refractivity contribution is 7.09. The van der Waals surface area contributed by atoms with Crippen LogP contribution in [-0.4, -0.2) is 25.7 Å². The van der Waals surface area contributed by atoms with Crippen LogP contribution in [0.15, 0.2) is 17.5 Å². The number of carbonyl (C=O) groups is 1. The van der Waals surface area contributed by atoms with E-state index in [0.717, 1.165) is 19.5 Å². The first-order chi connectivity index (χ1) is 6.86. The molecule has 0 spiro atoms. The van der Waals surface area contributed by atoms with Gasteiger partial charge < -0.3 is 10.1 Å². The fourth-order valence-electron chi connectivity index (χ4n) is 1.28. The molecule has 1 aromatic heterocycles. The van der Waals surface area contributed by atoms with Crippen LogP contribution < -0.4 is 5.32 Å². The quantitative estimate of drug-likeness (QED) is 0.757. The second kappa shape index (κ2) is 4.57. The molecule has 2 heterocycles. The molecule has 0 saturated carbocycles. The molecule has 0 unspecified atom stereocenters. The predicted octanol–water partition coefficient (Wildman–Crippen LogP) is 1.05. The zero-order valence-corrected chi connectivity index (χ0v) is 8.68. The van der Waals surface area contributed by atoms with Crippen molar-refractivity contribution < 1.29 is 9.53 Å². The number of esters is 1. The topological polar surface area (TPSA) is 38.3 Å². The Balaban J connectivity index is 1.65. The second-order valence-electron chi connectivity index (χ2n) is 3.35. The average Bonchev–Trinajstić information content (AvgIpc) is 2.53. The lowest BCUT2D eigenvalue weighted by Crippen LogP contribution is -2.47. The third-order valence-corrected chi connectivity index (χ3v) is 3.22. The molecule has 4 heteroatoms. The zero-order valence-electron chi connectivity index (χ0n) is 7.86. The van der Waals surface area contributed by atoms with Crippen molar-refractivity contribution in [3.8, 4) is 0 Å². The molecule has 1 N–H and O–H groups in total. The molecule has 76 valence electrons. The molecule has 1 aliphatic rings. The summed E-state index contributed by atoms with van der Waals surface area (Å²) < 4.78 is 5.15. The summed E-state index contributed by atoms with van der Waals surface area (Å²) in [5, 5.41) is 5.08. The molecule has 0 atom stereocenters. The maximum atomic E-state index is 11.3. The highest BCUT2D eigenvalue weighted by Crippen LogP contribution is 2.10. The van der Waals surface area contributed by atoms with Crippen LogP contribution in [-0.2, 0) is 16.0 Å². The zero-order chi connectivity index (χ0) is 9.80. The minimum atomic E-state index is -0.0553. The van der Waals surface area contributed by atoms with Crippen molar-refractivity contribution in [1.29, 1.82) is 0 Å². The molecule has 0 aliphatic carbocycles. The van der Waals surface area contributed by atoms with Gasteiger partial charge in [0.25, 0.3) is 0 Å². The summed E-state index contributed by atoms with van der Waals surface area (Å²) in [6.45, 7) is 2.06. The Morgan fingerprint density at radius 3 is 3.07 bits per heavy atom. The first-order valence-corrected chi connectivity index (χ1v) is 5.64. The van der Waals surface area contributed by atoms with Crippen molar-refractivity contribution in [3.05, 3.63) is 22.4 Å². The Morgan fingerprint density at radius 1 is 1.64 bits per heavy atom. The number of ether oxygens (including phenoxy) is 1. The molecule has 1 aromatic rings. The van der Waals surface area contributed by atoms with Crippen molar-refractivity contribution in [3.63, 3.8) is 0 Å². The SMILES string of the molecule is O=C(OCCc1cccs1)C1CNC1. The van der Waals surface area contributed by atoms with Crippen molar-refractivity contribution in [2.24, 2.45) is 5.92 Å². The lowest BCUT2D eigenvalue weighted by molar-refractivity contribution is -0.150. The van der Waals surface area contributed by atoms with E-state index in [0.29, 0.717) is 6.61 Å². The van der Waals surface area contributed by atoms with Crippen molar-refractivity contribution >= 4 is 17.3 Å². The van der Waals surface area contributed by atoms with E-state index in [1.165, 1.54) is 4.88 Å². The summed E-state index contributed by atoms with van der Waals surface area (Å²) in [4.78, 5) is 12.6. The van der Waals surface area contributed by atoms with Crippen molar-refractivity contribution in [2.75, 3.05) is 19.7 Å². The van der Waals surface area contributed by atoms with E-state index in [1.54, 1.807) is 11.3 Å². The predicted molar refractivity (Wildman–Crippen MR) is 55.3 cm³/mol. The summed E-state index contributed by atoms with van der Waals surface area (Å²) in [6, 6.07) is 4.07. The number of hydrogen-bond acceptors (Lipinski definition) is 4. The van der Waals surface area contributed by atoms with Crippen LogP contribution in [0.3, 0.4) is 0 Å². The fraction of sp³-hybridized carbons (Fsp3) is 0.500. The first-order valence-electron chi connectivity index (χ1n) is 4.76. The third-order valence-electron chi connectivity index (χ3n) is 2.29. The van der Waals surface area contributed by atoms with E-state index >= 15 is 0 Å². The molecule has 0 bridgehead atoms. The molecule has 0 amide bonds. The Labute approximate surface area is 87.1 Å². The van der Waals surface area contributed by atoms with Gasteiger partial charge in [0.2, 0.25) is 0 Å². The lowest BCUT2D eigenvalue weighted by atomic mass is 10.0. The lowest BCUT2D eigenvalue weighted by Gasteiger charge is -2.24. The Morgan fingerprint density at radius 2 is 2.50 bits per heavy atom. The number of rotatable bonds is 4. The molecule has 0 aromatic carbocycles. The molecule has 2 rings (SSSR count). The van der Waals surface area contributed by atoms with Gasteiger partial charge in [0.05, 0.1) is 12.5 Å². The van der Waals surface area contributed by atoms with Crippen LogP contribution >= 0.6 is 11.3 Å². The highest BCUT2D eigenvalue weighted by atomic mass is 32.1. The van der Waals surface area contributed by atoms with Gasteiger partial charge in [-0.05, 0) is 11.4 Å². The summed E-state index contributed by atoms with van der Waals surface area (Å²) in [7, 11) is 0. The van der Waals surface area contributed by atoms with Gasteiger partial charge in [-0.1, -0.05) is 6.07 Å². The van der Waals surface area contributed by atoms with Crippen molar-refractivity contribution in [1.82, 2.24) is 5.32 Å². The van der Waals surface area contributed by atoms with Gasteiger partial charge >= 0.3 is 5.97 Å². The molecule has 3 nitrogen and oxygen atoms in total. The van der Waals surface area contributed by atoms with Gasteiger partial charge in [0.15, 0.2) is 0 Å². The summed E-state index contributed by atoms with van der Waals surface area (Å²) >= 11 is 1.70. The molecule has 1 fully saturated rings. The van der Waals surface area contributed by atoms with E-state index in [2.05, 4.69) is 11.4 Å². The number of hydrogen-bond donors (Lipinski definition) is 1. The molecule has 1 saturated heterocycles. The van der Waals surface area contributed by atoms with E-state index in [-0.39, 0.29) is 11.9 Å². The van der Waals surface area contributed by atoms with Crippen LogP contribution in [0.1, 0.15) is 4.88 Å². The van der Waals surface area contributed by atoms with Crippen molar-refractivity contribution in [2.45, 2.75) is 6.42 Å². The Hall–Kier alpha value is -0.870. The largest absolute Gasteiger partial charge is 0.465 e. The maximum absolute atomic E-state index is 11.3. The van der Waals surface area contributed by atoms with E-state index in [9.17, 15) is 4.79 Å². The molecule has 14 heavy (non-hydrogen) atoms. The van der Waals surface area contributed by atoms with Gasteiger partial charge in [-0.3, -0.25) is 4.79 Å². The molecule has 1 aliphatic heterocycles. The Kier molecular flexibility index (Phi) is 3.16. The third kappa shape index (κ3) is 2.33. The number of nitrogens with one attached hydrogen (secondary N) is 1.